The third kappa shape index (κ3) is 4.88. The van der Waals surface area contributed by atoms with E-state index in [9.17, 15) is 22.4 Å². The van der Waals surface area contributed by atoms with Gasteiger partial charge in [0.15, 0.2) is 5.82 Å². The molecule has 3 fully saturated rings. The molecule has 2 aliphatic heterocycles. The molecule has 0 bridgehead atoms. The molecule has 214 valence electrons. The van der Waals surface area contributed by atoms with E-state index < -0.39 is 48.1 Å². The number of H-pyrrole nitrogens is 1. The Bertz CT molecular complexity index is 1380. The Balaban J connectivity index is 1.37. The van der Waals surface area contributed by atoms with Crippen LogP contribution in [0.1, 0.15) is 56.0 Å². The van der Waals surface area contributed by atoms with Gasteiger partial charge in [0.05, 0.1) is 36.3 Å². The van der Waals surface area contributed by atoms with Crippen LogP contribution in [0.3, 0.4) is 0 Å². The number of aromatic amines is 1. The molecule has 0 radical (unpaired) electrons. The Labute approximate surface area is 226 Å². The van der Waals surface area contributed by atoms with Gasteiger partial charge in [-0.2, -0.15) is 0 Å². The summed E-state index contributed by atoms with van der Waals surface area (Å²) in [4.78, 5) is 30.6. The van der Waals surface area contributed by atoms with Crippen LogP contribution in [0.15, 0.2) is 30.7 Å². The van der Waals surface area contributed by atoms with E-state index in [0.29, 0.717) is 17.2 Å². The molecule has 1 aromatic carbocycles. The zero-order valence-electron chi connectivity index (χ0n) is 21.6. The van der Waals surface area contributed by atoms with E-state index in [2.05, 4.69) is 25.3 Å². The zero-order valence-corrected chi connectivity index (χ0v) is 21.6. The fourth-order valence-electron chi connectivity index (χ4n) is 6.19. The third-order valence-electron chi connectivity index (χ3n) is 8.41. The van der Waals surface area contributed by atoms with Gasteiger partial charge in [0, 0.05) is 44.0 Å². The first-order valence-electron chi connectivity index (χ1n) is 13.4. The Kier molecular flexibility index (Phi) is 6.67. The van der Waals surface area contributed by atoms with Crippen molar-refractivity contribution in [2.45, 2.75) is 61.8 Å². The maximum Gasteiger partial charge on any atom is 0.282 e. The van der Waals surface area contributed by atoms with Gasteiger partial charge in [0.2, 0.25) is 11.8 Å². The van der Waals surface area contributed by atoms with E-state index in [1.807, 2.05) is 0 Å². The molecule has 4 heterocycles. The Morgan fingerprint density at radius 1 is 1.05 bits per heavy atom. The molecule has 1 aliphatic carbocycles. The molecule has 8 nitrogen and oxygen atoms in total. The minimum absolute atomic E-state index is 0.00723. The minimum atomic E-state index is -2.95. The number of rotatable bonds is 6. The fourth-order valence-corrected chi connectivity index (χ4v) is 6.19. The SMILES string of the molecule is O=C(N1CC(F)(F)C1)C1(c2ccc3[nH]c(C(Nc4cnccn4)C4CCC(F)(F)CC4)nc3c2F)CCOCC1. The summed E-state index contributed by atoms with van der Waals surface area (Å²) in [6, 6.07) is 2.55. The normalized spacial score (nSPS) is 23.0. The van der Waals surface area contributed by atoms with Gasteiger partial charge in [-0.15, -0.1) is 0 Å². The van der Waals surface area contributed by atoms with Crippen molar-refractivity contribution in [3.63, 3.8) is 0 Å². The van der Waals surface area contributed by atoms with Gasteiger partial charge in [0.1, 0.15) is 17.2 Å². The Hall–Kier alpha value is -3.35. The highest BCUT2D eigenvalue weighted by atomic mass is 19.3. The van der Waals surface area contributed by atoms with Gasteiger partial charge < -0.3 is 19.9 Å². The molecule has 40 heavy (non-hydrogen) atoms. The first kappa shape index (κ1) is 26.9. The summed E-state index contributed by atoms with van der Waals surface area (Å²) in [5, 5.41) is 3.23. The zero-order chi connectivity index (χ0) is 28.1. The summed E-state index contributed by atoms with van der Waals surface area (Å²) >= 11 is 0. The number of nitrogens with zero attached hydrogens (tertiary/aromatic N) is 4. The first-order chi connectivity index (χ1) is 19.1. The molecule has 1 atom stereocenters. The molecule has 1 saturated carbocycles. The Morgan fingerprint density at radius 2 is 1.77 bits per heavy atom. The number of hydrogen-bond acceptors (Lipinski definition) is 6. The van der Waals surface area contributed by atoms with Gasteiger partial charge in [-0.05, 0) is 37.7 Å². The van der Waals surface area contributed by atoms with Crippen molar-refractivity contribution in [3.05, 3.63) is 47.9 Å². The van der Waals surface area contributed by atoms with E-state index >= 15 is 4.39 Å². The van der Waals surface area contributed by atoms with Crippen LogP contribution in [-0.2, 0) is 14.9 Å². The number of imidazole rings is 1. The van der Waals surface area contributed by atoms with Gasteiger partial charge in [-0.1, -0.05) is 6.07 Å². The molecule has 0 spiro atoms. The molecule has 1 amide bonds. The molecule has 2 N–H and O–H groups in total. The maximum atomic E-state index is 16.3. The second kappa shape index (κ2) is 9.93. The third-order valence-corrected chi connectivity index (χ3v) is 8.41. The molecule has 3 aromatic rings. The van der Waals surface area contributed by atoms with Crippen LogP contribution in [0.4, 0.5) is 27.8 Å². The lowest BCUT2D eigenvalue weighted by Crippen LogP contribution is -2.63. The van der Waals surface area contributed by atoms with Crippen molar-refractivity contribution in [2.24, 2.45) is 5.92 Å². The number of carbonyl (C=O) groups excluding carboxylic acids is 1. The van der Waals surface area contributed by atoms with E-state index in [1.165, 1.54) is 24.7 Å². The maximum absolute atomic E-state index is 16.3. The number of aromatic nitrogens is 4. The van der Waals surface area contributed by atoms with E-state index in [1.54, 1.807) is 6.07 Å². The number of fused-ring (bicyclic) bond motifs is 1. The lowest BCUT2D eigenvalue weighted by molar-refractivity contribution is -0.174. The highest BCUT2D eigenvalue weighted by Crippen LogP contribution is 2.44. The van der Waals surface area contributed by atoms with Crippen LogP contribution in [0.5, 0.6) is 0 Å². The Morgan fingerprint density at radius 3 is 2.42 bits per heavy atom. The van der Waals surface area contributed by atoms with Crippen molar-refractivity contribution in [1.29, 1.82) is 0 Å². The largest absolute Gasteiger partial charge is 0.381 e. The highest BCUT2D eigenvalue weighted by molar-refractivity contribution is 5.91. The number of likely N-dealkylation sites (tertiary alicyclic amines) is 1. The molecule has 6 rings (SSSR count). The van der Waals surface area contributed by atoms with E-state index in [0.717, 1.165) is 4.90 Å². The molecule has 13 heteroatoms. The standard InChI is InChI=1S/C27H29F5N6O2/c28-20-17(25(7-11-40-12-8-25)24(39)38-14-27(31,32)15-38)1-2-18-22(20)37-23(35-18)21(36-19-13-33-9-10-34-19)16-3-5-26(29,30)6-4-16/h1-2,9-10,13,16,21H,3-8,11-12,14-15H2,(H,34,36)(H,35,37). The van der Waals surface area contributed by atoms with Crippen molar-refractivity contribution in [3.8, 4) is 0 Å². The fraction of sp³-hybridized carbons (Fsp3) is 0.556. The van der Waals surface area contributed by atoms with Gasteiger partial charge in [-0.25, -0.2) is 31.9 Å². The van der Waals surface area contributed by atoms with Crippen LogP contribution in [-0.4, -0.2) is 68.9 Å². The monoisotopic (exact) mass is 564 g/mol. The molecular weight excluding hydrogens is 535 g/mol. The number of alkyl halides is 4. The van der Waals surface area contributed by atoms with Crippen LogP contribution in [0.2, 0.25) is 0 Å². The summed E-state index contributed by atoms with van der Waals surface area (Å²) in [5.74, 6) is -6.40. The smallest absolute Gasteiger partial charge is 0.282 e. The first-order valence-corrected chi connectivity index (χ1v) is 13.4. The number of ether oxygens (including phenoxy) is 1. The predicted octanol–water partition coefficient (Wildman–Crippen LogP) is 5.00. The average molecular weight is 565 g/mol. The lowest BCUT2D eigenvalue weighted by Gasteiger charge is -2.46. The number of halogens is 5. The number of amides is 1. The van der Waals surface area contributed by atoms with Crippen LogP contribution in [0, 0.1) is 11.7 Å². The summed E-state index contributed by atoms with van der Waals surface area (Å²) in [5.41, 5.74) is -0.892. The summed E-state index contributed by atoms with van der Waals surface area (Å²) in [7, 11) is 0. The van der Waals surface area contributed by atoms with Crippen LogP contribution < -0.4 is 5.32 Å². The topological polar surface area (TPSA) is 96.0 Å². The number of anilines is 1. The van der Waals surface area contributed by atoms with Gasteiger partial charge in [0.25, 0.3) is 5.92 Å². The average Bonchev–Trinajstić information content (AvgIpc) is 3.36. The van der Waals surface area contributed by atoms with Crippen molar-refractivity contribution < 1.29 is 31.5 Å². The number of carbonyl (C=O) groups is 1. The molecule has 2 aromatic heterocycles. The number of benzene rings is 1. The quantitative estimate of drug-likeness (QED) is 0.410. The molecular formula is C27H29F5N6O2. The van der Waals surface area contributed by atoms with Crippen LogP contribution >= 0.6 is 0 Å². The highest BCUT2D eigenvalue weighted by Gasteiger charge is 2.54. The molecule has 1 unspecified atom stereocenters. The lowest BCUT2D eigenvalue weighted by atomic mass is 9.72. The summed E-state index contributed by atoms with van der Waals surface area (Å²) in [6.45, 7) is -1.01. The summed E-state index contributed by atoms with van der Waals surface area (Å²) < 4.78 is 76.8. The summed E-state index contributed by atoms with van der Waals surface area (Å²) in [6.07, 6.45) is 4.74. The van der Waals surface area contributed by atoms with Gasteiger partial charge >= 0.3 is 0 Å². The van der Waals surface area contributed by atoms with Crippen molar-refractivity contribution in [1.82, 2.24) is 24.8 Å². The second-order valence-electron chi connectivity index (χ2n) is 11.1. The van der Waals surface area contributed by atoms with E-state index in [4.69, 9.17) is 4.74 Å². The molecule has 2 saturated heterocycles. The minimum Gasteiger partial charge on any atom is -0.381 e. The van der Waals surface area contributed by atoms with Gasteiger partial charge in [-0.3, -0.25) is 9.78 Å². The predicted molar refractivity (Wildman–Crippen MR) is 135 cm³/mol. The molecule has 3 aliphatic rings. The number of hydrogen-bond donors (Lipinski definition) is 2. The van der Waals surface area contributed by atoms with Crippen LogP contribution in [0.25, 0.3) is 11.0 Å². The van der Waals surface area contributed by atoms with Crippen molar-refractivity contribution >= 4 is 22.8 Å². The van der Waals surface area contributed by atoms with E-state index in [-0.39, 0.29) is 68.7 Å². The van der Waals surface area contributed by atoms with Crippen molar-refractivity contribution in [2.75, 3.05) is 31.6 Å². The second-order valence-corrected chi connectivity index (χ2v) is 11.1. The number of nitrogens with one attached hydrogen (secondary N) is 2.